The van der Waals surface area contributed by atoms with Gasteiger partial charge in [0.1, 0.15) is 5.75 Å². The Morgan fingerprint density at radius 3 is 2.37 bits per heavy atom. The molecule has 2 aromatic carbocycles. The zero-order valence-electron chi connectivity index (χ0n) is 17.5. The lowest BCUT2D eigenvalue weighted by molar-refractivity contribution is 0.192. The van der Waals surface area contributed by atoms with E-state index in [2.05, 4.69) is 12.2 Å². The molecule has 0 unspecified atom stereocenters. The molecule has 156 valence electrons. The first kappa shape index (κ1) is 20.0. The average molecular weight is 405 g/mol. The molecular weight excluding hydrogens is 376 g/mol. The maximum Gasteiger partial charge on any atom is 0.317 e. The van der Waals surface area contributed by atoms with E-state index in [-0.39, 0.29) is 12.1 Å². The van der Waals surface area contributed by atoms with Crippen LogP contribution in [0.2, 0.25) is 0 Å². The maximum absolute atomic E-state index is 12.7. The predicted molar refractivity (Wildman–Crippen MR) is 117 cm³/mol. The van der Waals surface area contributed by atoms with Crippen molar-refractivity contribution in [2.45, 2.75) is 45.7 Å². The Bertz CT molecular complexity index is 981. The molecule has 1 saturated carbocycles. The van der Waals surface area contributed by atoms with Crippen molar-refractivity contribution in [2.24, 2.45) is 0 Å². The van der Waals surface area contributed by atoms with Crippen molar-refractivity contribution in [1.82, 2.24) is 20.0 Å². The first-order valence-electron chi connectivity index (χ1n) is 10.6. The Hall–Kier alpha value is -3.28. The first-order valence-corrected chi connectivity index (χ1v) is 10.6. The zero-order valence-corrected chi connectivity index (χ0v) is 17.5. The smallest absolute Gasteiger partial charge is 0.317 e. The molecule has 1 fully saturated rings. The van der Waals surface area contributed by atoms with Crippen LogP contribution in [0.25, 0.3) is 5.69 Å². The summed E-state index contributed by atoms with van der Waals surface area (Å²) in [6.07, 6.45) is 2.84. The third-order valence-corrected chi connectivity index (χ3v) is 5.22. The number of amides is 2. The van der Waals surface area contributed by atoms with Crippen molar-refractivity contribution < 1.29 is 9.53 Å². The summed E-state index contributed by atoms with van der Waals surface area (Å²) in [4.78, 5) is 14.6. The summed E-state index contributed by atoms with van der Waals surface area (Å²) in [5.41, 5.74) is 2.84. The predicted octanol–water partition coefficient (Wildman–Crippen LogP) is 4.92. The minimum Gasteiger partial charge on any atom is -0.439 e. The molecule has 4 rings (SSSR count). The molecule has 6 heteroatoms. The van der Waals surface area contributed by atoms with Crippen molar-refractivity contribution in [3.8, 4) is 17.3 Å². The fourth-order valence-electron chi connectivity index (χ4n) is 3.55. The summed E-state index contributed by atoms with van der Waals surface area (Å²) in [7, 11) is 0. The van der Waals surface area contributed by atoms with E-state index in [1.807, 2.05) is 77.2 Å². The average Bonchev–Trinajstić information content (AvgIpc) is 3.56. The van der Waals surface area contributed by atoms with Crippen molar-refractivity contribution in [1.29, 1.82) is 0 Å². The van der Waals surface area contributed by atoms with Crippen LogP contribution >= 0.6 is 0 Å². The van der Waals surface area contributed by atoms with Gasteiger partial charge in [-0.15, -0.1) is 0 Å². The molecule has 2 amide bonds. The minimum atomic E-state index is -0.0276. The van der Waals surface area contributed by atoms with E-state index in [0.29, 0.717) is 19.0 Å². The van der Waals surface area contributed by atoms with Crippen molar-refractivity contribution in [2.75, 3.05) is 6.54 Å². The third kappa shape index (κ3) is 4.32. The van der Waals surface area contributed by atoms with E-state index in [4.69, 9.17) is 9.84 Å². The molecule has 1 aliphatic carbocycles. The zero-order chi connectivity index (χ0) is 20.9. The lowest BCUT2D eigenvalue weighted by Crippen LogP contribution is -2.41. The molecule has 1 N–H and O–H groups in total. The van der Waals surface area contributed by atoms with E-state index in [0.717, 1.165) is 42.0 Å². The molecule has 1 aromatic heterocycles. The number of hydrogen-bond acceptors (Lipinski definition) is 3. The van der Waals surface area contributed by atoms with Crippen LogP contribution in [0.5, 0.6) is 11.6 Å². The second kappa shape index (κ2) is 9.03. The van der Waals surface area contributed by atoms with E-state index < -0.39 is 0 Å². The van der Waals surface area contributed by atoms with E-state index in [1.54, 1.807) is 0 Å². The van der Waals surface area contributed by atoms with Gasteiger partial charge in [0.05, 0.1) is 23.5 Å². The van der Waals surface area contributed by atoms with Crippen LogP contribution in [-0.2, 0) is 13.0 Å². The summed E-state index contributed by atoms with van der Waals surface area (Å²) < 4.78 is 8.21. The number of carbonyl (C=O) groups excluding carboxylic acids is 1. The van der Waals surface area contributed by atoms with Crippen LogP contribution in [0, 0.1) is 0 Å². The molecule has 6 nitrogen and oxygen atoms in total. The van der Waals surface area contributed by atoms with Crippen molar-refractivity contribution in [3.05, 3.63) is 71.9 Å². The molecule has 0 radical (unpaired) electrons. The molecule has 0 aliphatic heterocycles. The Kier molecular flexibility index (Phi) is 6.02. The van der Waals surface area contributed by atoms with Gasteiger partial charge in [-0.25, -0.2) is 9.48 Å². The van der Waals surface area contributed by atoms with E-state index in [1.165, 1.54) is 0 Å². The van der Waals surface area contributed by atoms with Gasteiger partial charge in [-0.2, -0.15) is 5.10 Å². The molecule has 0 atom stereocenters. The summed E-state index contributed by atoms with van der Waals surface area (Å²) in [5.74, 6) is 1.41. The molecule has 1 aliphatic rings. The maximum atomic E-state index is 12.7. The quantitative estimate of drug-likeness (QED) is 0.580. The molecule has 3 aromatic rings. The highest BCUT2D eigenvalue weighted by Crippen LogP contribution is 2.35. The van der Waals surface area contributed by atoms with Gasteiger partial charge < -0.3 is 15.0 Å². The molecule has 0 bridgehead atoms. The van der Waals surface area contributed by atoms with Crippen LogP contribution in [0.3, 0.4) is 0 Å². The van der Waals surface area contributed by atoms with Gasteiger partial charge in [0.2, 0.25) is 5.88 Å². The molecule has 0 spiro atoms. The molecular formula is C24H28N4O2. The lowest BCUT2D eigenvalue weighted by Gasteiger charge is -2.23. The van der Waals surface area contributed by atoms with Gasteiger partial charge in [0.15, 0.2) is 0 Å². The number of rotatable bonds is 8. The number of urea groups is 1. The highest BCUT2D eigenvalue weighted by Gasteiger charge is 2.34. The highest BCUT2D eigenvalue weighted by atomic mass is 16.5. The number of nitrogens with one attached hydrogen (secondary N) is 1. The number of nitrogens with zero attached hydrogens (tertiary/aromatic N) is 3. The number of benzene rings is 2. The van der Waals surface area contributed by atoms with E-state index in [9.17, 15) is 4.79 Å². The van der Waals surface area contributed by atoms with Gasteiger partial charge in [-0.3, -0.25) is 0 Å². The van der Waals surface area contributed by atoms with Crippen molar-refractivity contribution >= 4 is 6.03 Å². The molecule has 30 heavy (non-hydrogen) atoms. The topological polar surface area (TPSA) is 59.4 Å². The van der Waals surface area contributed by atoms with Gasteiger partial charge in [-0.1, -0.05) is 43.3 Å². The second-order valence-corrected chi connectivity index (χ2v) is 7.44. The van der Waals surface area contributed by atoms with Crippen molar-refractivity contribution in [3.63, 3.8) is 0 Å². The van der Waals surface area contributed by atoms with Crippen LogP contribution in [0.1, 0.15) is 37.9 Å². The van der Waals surface area contributed by atoms with Crippen LogP contribution in [0.4, 0.5) is 4.79 Å². The Morgan fingerprint density at radius 1 is 1.10 bits per heavy atom. The number of para-hydroxylation sites is 2. The van der Waals surface area contributed by atoms with Crippen LogP contribution in [-0.4, -0.2) is 33.3 Å². The standard InChI is InChI=1S/C24H28N4O2/c1-3-22-21(17-27(18-15-16-18)24(29)25-4-2)23(30-20-13-9-6-10-14-20)28(26-22)19-11-7-5-8-12-19/h5-14,18H,3-4,15-17H2,1-2H3,(H,25,29). The molecule has 0 saturated heterocycles. The van der Waals surface area contributed by atoms with Gasteiger partial charge in [0, 0.05) is 12.6 Å². The number of carbonyl (C=O) groups is 1. The lowest BCUT2D eigenvalue weighted by atomic mass is 10.2. The fourth-order valence-corrected chi connectivity index (χ4v) is 3.55. The second-order valence-electron chi connectivity index (χ2n) is 7.44. The largest absolute Gasteiger partial charge is 0.439 e. The Labute approximate surface area is 177 Å². The monoisotopic (exact) mass is 404 g/mol. The van der Waals surface area contributed by atoms with Crippen LogP contribution in [0.15, 0.2) is 60.7 Å². The van der Waals surface area contributed by atoms with E-state index >= 15 is 0 Å². The summed E-state index contributed by atoms with van der Waals surface area (Å²) in [6, 6.07) is 20.0. The fraction of sp³-hybridized carbons (Fsp3) is 0.333. The van der Waals surface area contributed by atoms with Gasteiger partial charge in [0.25, 0.3) is 0 Å². The normalized spacial score (nSPS) is 13.1. The van der Waals surface area contributed by atoms with Gasteiger partial charge >= 0.3 is 6.03 Å². The number of aryl methyl sites for hydroxylation is 1. The number of ether oxygens (including phenoxy) is 1. The SMILES string of the molecule is CCNC(=O)N(Cc1c(CC)nn(-c2ccccc2)c1Oc1ccccc1)C1CC1. The van der Waals surface area contributed by atoms with Crippen LogP contribution < -0.4 is 10.1 Å². The number of hydrogen-bond donors (Lipinski definition) is 1. The minimum absolute atomic E-state index is 0.0276. The summed E-state index contributed by atoms with van der Waals surface area (Å²) in [5, 5.41) is 7.82. The molecule has 1 heterocycles. The van der Waals surface area contributed by atoms with Gasteiger partial charge in [-0.05, 0) is 50.5 Å². The third-order valence-electron chi connectivity index (χ3n) is 5.22. The summed E-state index contributed by atoms with van der Waals surface area (Å²) >= 11 is 0. The summed E-state index contributed by atoms with van der Waals surface area (Å²) in [6.45, 7) is 5.12. The Morgan fingerprint density at radius 2 is 1.77 bits per heavy atom. The highest BCUT2D eigenvalue weighted by molar-refractivity contribution is 5.75. The Balaban J connectivity index is 1.77. The first-order chi connectivity index (χ1) is 14.7. The number of aromatic nitrogens is 2.